The summed E-state index contributed by atoms with van der Waals surface area (Å²) in [5, 5.41) is 0. The first-order valence-corrected chi connectivity index (χ1v) is 4.65. The van der Waals surface area contributed by atoms with Gasteiger partial charge in [0.1, 0.15) is 5.82 Å². The second-order valence-corrected chi connectivity index (χ2v) is 3.72. The highest BCUT2D eigenvalue weighted by atomic mass is 19.1. The van der Waals surface area contributed by atoms with Gasteiger partial charge in [-0.25, -0.2) is 4.39 Å². The molecule has 0 bridgehead atoms. The van der Waals surface area contributed by atoms with E-state index in [0.717, 1.165) is 36.0 Å². The van der Waals surface area contributed by atoms with Gasteiger partial charge in [0, 0.05) is 0 Å². The molecule has 0 saturated heterocycles. The van der Waals surface area contributed by atoms with Crippen molar-refractivity contribution < 1.29 is 4.39 Å². The molecule has 0 saturated carbocycles. The smallest absolute Gasteiger partial charge is 0.126 e. The largest absolute Gasteiger partial charge is 0.207 e. The molecule has 0 N–H and O–H groups in total. The highest BCUT2D eigenvalue weighted by molar-refractivity contribution is 5.68. The Morgan fingerprint density at radius 1 is 1.31 bits per heavy atom. The van der Waals surface area contributed by atoms with Crippen LogP contribution in [0, 0.1) is 12.7 Å². The van der Waals surface area contributed by atoms with Gasteiger partial charge in [0.15, 0.2) is 0 Å². The number of halogens is 1. The molecule has 0 atom stereocenters. The van der Waals surface area contributed by atoms with E-state index < -0.39 is 0 Å². The second kappa shape index (κ2) is 2.99. The van der Waals surface area contributed by atoms with Gasteiger partial charge in [-0.05, 0) is 60.6 Å². The summed E-state index contributed by atoms with van der Waals surface area (Å²) in [6.45, 7) is 5.81. The predicted molar refractivity (Wildman–Crippen MR) is 53.1 cm³/mol. The maximum Gasteiger partial charge on any atom is 0.126 e. The summed E-state index contributed by atoms with van der Waals surface area (Å²) in [4.78, 5) is 0. The third-order valence-electron chi connectivity index (χ3n) is 2.69. The minimum atomic E-state index is -0.0894. The molecule has 68 valence electrons. The Balaban J connectivity index is 2.58. The number of hydrogen-bond donors (Lipinski definition) is 0. The molecule has 1 aromatic carbocycles. The molecule has 2 rings (SSSR count). The number of benzene rings is 1. The molecule has 0 fully saturated rings. The quantitative estimate of drug-likeness (QED) is 0.567. The van der Waals surface area contributed by atoms with Crippen molar-refractivity contribution in [1.82, 2.24) is 0 Å². The van der Waals surface area contributed by atoms with Crippen LogP contribution < -0.4 is 0 Å². The van der Waals surface area contributed by atoms with Crippen LogP contribution in [0.4, 0.5) is 4.39 Å². The molecule has 1 heteroatoms. The van der Waals surface area contributed by atoms with E-state index >= 15 is 0 Å². The van der Waals surface area contributed by atoms with Gasteiger partial charge in [-0.1, -0.05) is 6.58 Å². The number of hydrogen-bond acceptors (Lipinski definition) is 0. The van der Waals surface area contributed by atoms with Crippen molar-refractivity contribution >= 4 is 5.57 Å². The Kier molecular flexibility index (Phi) is 1.95. The second-order valence-electron chi connectivity index (χ2n) is 3.72. The fourth-order valence-electron chi connectivity index (χ4n) is 1.89. The fourth-order valence-corrected chi connectivity index (χ4v) is 1.89. The van der Waals surface area contributed by atoms with Crippen molar-refractivity contribution in [2.24, 2.45) is 0 Å². The zero-order valence-electron chi connectivity index (χ0n) is 7.86. The van der Waals surface area contributed by atoms with Gasteiger partial charge in [0.2, 0.25) is 0 Å². The van der Waals surface area contributed by atoms with Crippen molar-refractivity contribution in [1.29, 1.82) is 0 Å². The van der Waals surface area contributed by atoms with Crippen molar-refractivity contribution in [3.63, 3.8) is 0 Å². The average molecular weight is 176 g/mol. The van der Waals surface area contributed by atoms with E-state index in [0.29, 0.717) is 0 Å². The Morgan fingerprint density at radius 3 is 2.85 bits per heavy atom. The third-order valence-corrected chi connectivity index (χ3v) is 2.69. The molecule has 1 aliphatic rings. The lowest BCUT2D eigenvalue weighted by Gasteiger charge is -2.18. The highest BCUT2D eigenvalue weighted by Gasteiger charge is 2.14. The van der Waals surface area contributed by atoms with E-state index in [2.05, 4.69) is 6.58 Å². The summed E-state index contributed by atoms with van der Waals surface area (Å²) in [5.74, 6) is -0.0894. The van der Waals surface area contributed by atoms with Crippen LogP contribution in [-0.4, -0.2) is 0 Å². The van der Waals surface area contributed by atoms with Gasteiger partial charge >= 0.3 is 0 Å². The average Bonchev–Trinajstić information content (AvgIpc) is 2.09. The summed E-state index contributed by atoms with van der Waals surface area (Å²) >= 11 is 0. The maximum atomic E-state index is 13.2. The van der Waals surface area contributed by atoms with Gasteiger partial charge in [-0.15, -0.1) is 0 Å². The van der Waals surface area contributed by atoms with E-state index in [-0.39, 0.29) is 5.82 Å². The van der Waals surface area contributed by atoms with Gasteiger partial charge in [-0.3, -0.25) is 0 Å². The number of rotatable bonds is 0. The summed E-state index contributed by atoms with van der Waals surface area (Å²) in [7, 11) is 0. The molecule has 0 nitrogen and oxygen atoms in total. The fraction of sp³-hybridized carbons (Fsp3) is 0.333. The van der Waals surface area contributed by atoms with E-state index in [9.17, 15) is 4.39 Å². The van der Waals surface area contributed by atoms with Crippen molar-refractivity contribution in [2.45, 2.75) is 26.2 Å². The van der Waals surface area contributed by atoms with Gasteiger partial charge in [0.25, 0.3) is 0 Å². The molecule has 0 unspecified atom stereocenters. The minimum absolute atomic E-state index is 0.0894. The standard InChI is InChI=1S/C12H13F/c1-8-4-3-5-10-7-12(13)9(2)6-11(8)10/h6-7H,1,3-5H2,2H3. The molecule has 1 aromatic rings. The minimum Gasteiger partial charge on any atom is -0.207 e. The molecule has 0 aliphatic heterocycles. The van der Waals surface area contributed by atoms with Crippen LogP contribution in [-0.2, 0) is 6.42 Å². The zero-order valence-corrected chi connectivity index (χ0v) is 7.86. The number of allylic oxidation sites excluding steroid dienone is 1. The van der Waals surface area contributed by atoms with Gasteiger partial charge < -0.3 is 0 Å². The van der Waals surface area contributed by atoms with Crippen LogP contribution in [0.5, 0.6) is 0 Å². The highest BCUT2D eigenvalue weighted by Crippen LogP contribution is 2.30. The van der Waals surface area contributed by atoms with Crippen LogP contribution >= 0.6 is 0 Å². The first kappa shape index (κ1) is 8.49. The van der Waals surface area contributed by atoms with Crippen molar-refractivity contribution in [3.05, 3.63) is 41.2 Å². The van der Waals surface area contributed by atoms with Crippen molar-refractivity contribution in [3.8, 4) is 0 Å². The SMILES string of the molecule is C=C1CCCc2cc(F)c(C)cc21. The van der Waals surface area contributed by atoms with E-state index in [1.807, 2.05) is 6.07 Å². The van der Waals surface area contributed by atoms with E-state index in [1.54, 1.807) is 13.0 Å². The molecule has 13 heavy (non-hydrogen) atoms. The Labute approximate surface area is 78.1 Å². The molecule has 0 heterocycles. The first-order valence-electron chi connectivity index (χ1n) is 4.65. The first-order chi connectivity index (χ1) is 6.18. The van der Waals surface area contributed by atoms with Crippen LogP contribution in [0.2, 0.25) is 0 Å². The molecule has 1 aliphatic carbocycles. The summed E-state index contributed by atoms with van der Waals surface area (Å²) in [5.41, 5.74) is 4.18. The molecule has 0 radical (unpaired) electrons. The maximum absolute atomic E-state index is 13.2. The molecule has 0 amide bonds. The van der Waals surface area contributed by atoms with Crippen LogP contribution in [0.1, 0.15) is 29.5 Å². The summed E-state index contributed by atoms with van der Waals surface area (Å²) in [6, 6.07) is 3.58. The molecular formula is C12H13F. The normalized spacial score (nSPS) is 15.7. The summed E-state index contributed by atoms with van der Waals surface area (Å²) < 4.78 is 13.2. The van der Waals surface area contributed by atoms with Crippen LogP contribution in [0.3, 0.4) is 0 Å². The monoisotopic (exact) mass is 176 g/mol. The Hall–Kier alpha value is -1.11. The van der Waals surface area contributed by atoms with Crippen LogP contribution in [0.15, 0.2) is 18.7 Å². The molecule has 0 spiro atoms. The van der Waals surface area contributed by atoms with Crippen molar-refractivity contribution in [2.75, 3.05) is 0 Å². The van der Waals surface area contributed by atoms with Gasteiger partial charge in [0.05, 0.1) is 0 Å². The Morgan fingerprint density at radius 2 is 2.08 bits per heavy atom. The van der Waals surface area contributed by atoms with Gasteiger partial charge in [-0.2, -0.15) is 0 Å². The topological polar surface area (TPSA) is 0 Å². The van der Waals surface area contributed by atoms with Crippen LogP contribution in [0.25, 0.3) is 5.57 Å². The van der Waals surface area contributed by atoms with E-state index in [4.69, 9.17) is 0 Å². The van der Waals surface area contributed by atoms with E-state index in [1.165, 1.54) is 5.56 Å². The lowest BCUT2D eigenvalue weighted by atomic mass is 9.87. The lowest BCUT2D eigenvalue weighted by molar-refractivity contribution is 0.614. The number of aryl methyl sites for hydroxylation is 2. The third kappa shape index (κ3) is 1.39. The molecule has 0 aromatic heterocycles. The lowest BCUT2D eigenvalue weighted by Crippen LogP contribution is -2.02. The molecular weight excluding hydrogens is 163 g/mol. The predicted octanol–water partition coefficient (Wildman–Crippen LogP) is 3.48. The number of fused-ring (bicyclic) bond motifs is 1. The Bertz CT molecular complexity index is 364. The zero-order chi connectivity index (χ0) is 9.42. The summed E-state index contributed by atoms with van der Waals surface area (Å²) in [6.07, 6.45) is 3.15.